The molecule has 1 saturated heterocycles. The average Bonchev–Trinajstić information content (AvgIpc) is 2.59. The van der Waals surface area contributed by atoms with E-state index in [1.165, 1.54) is 16.4 Å². The molecule has 1 heterocycles. The maximum absolute atomic E-state index is 12.5. The minimum Gasteiger partial charge on any atom is -0.481 e. The lowest BCUT2D eigenvalue weighted by Gasteiger charge is -2.30. The van der Waals surface area contributed by atoms with E-state index < -0.39 is 16.2 Å². The van der Waals surface area contributed by atoms with Gasteiger partial charge in [-0.1, -0.05) is 12.1 Å². The Bertz CT molecular complexity index is 726. The van der Waals surface area contributed by atoms with Crippen molar-refractivity contribution in [2.75, 3.05) is 24.9 Å². The fourth-order valence-electron chi connectivity index (χ4n) is 2.64. The number of hydrogen-bond donors (Lipinski definition) is 2. The van der Waals surface area contributed by atoms with Gasteiger partial charge in [-0.2, -0.15) is 12.7 Å². The van der Waals surface area contributed by atoms with Crippen LogP contribution in [0.1, 0.15) is 36.0 Å². The highest BCUT2D eigenvalue weighted by Crippen LogP contribution is 2.20. The van der Waals surface area contributed by atoms with E-state index in [0.29, 0.717) is 25.9 Å². The molecule has 0 amide bonds. The zero-order valence-corrected chi connectivity index (χ0v) is 14.8. The summed E-state index contributed by atoms with van der Waals surface area (Å²) >= 11 is 0. The number of methoxy groups -OCH3 is 1. The molecule has 0 unspecified atom stereocenters. The fraction of sp³-hybridized carbons (Fsp3) is 0.500. The smallest absolute Gasteiger partial charge is 0.303 e. The molecule has 0 spiro atoms. The van der Waals surface area contributed by atoms with E-state index in [9.17, 15) is 18.0 Å². The van der Waals surface area contributed by atoms with E-state index in [1.54, 1.807) is 19.2 Å². The number of Topliss-reactive ketones (excluding diaryl/α,β-unsaturated/α-hetero) is 1. The molecule has 2 N–H and O–H groups in total. The van der Waals surface area contributed by atoms with Gasteiger partial charge in [0, 0.05) is 32.2 Å². The summed E-state index contributed by atoms with van der Waals surface area (Å²) in [6, 6.07) is 6.06. The number of hydrogen-bond acceptors (Lipinski definition) is 5. The van der Waals surface area contributed by atoms with Crippen molar-refractivity contribution in [2.24, 2.45) is 0 Å². The number of piperidine rings is 1. The van der Waals surface area contributed by atoms with Crippen molar-refractivity contribution >= 4 is 27.6 Å². The van der Waals surface area contributed by atoms with E-state index in [2.05, 4.69) is 4.72 Å². The van der Waals surface area contributed by atoms with Crippen LogP contribution in [0.25, 0.3) is 0 Å². The van der Waals surface area contributed by atoms with Gasteiger partial charge in [-0.25, -0.2) is 0 Å². The number of ether oxygens (including phenoxy) is 1. The Kier molecular flexibility index (Phi) is 6.51. The van der Waals surface area contributed by atoms with Gasteiger partial charge in [0.2, 0.25) is 0 Å². The summed E-state index contributed by atoms with van der Waals surface area (Å²) in [5, 5.41) is 8.64. The second kappa shape index (κ2) is 8.41. The molecule has 138 valence electrons. The Balaban J connectivity index is 2.03. The SMILES string of the molecule is COC1CCN(S(=O)(=O)Nc2cccc(C(=O)CCC(=O)O)c2)CC1. The summed E-state index contributed by atoms with van der Waals surface area (Å²) in [6.07, 6.45) is 0.942. The van der Waals surface area contributed by atoms with Crippen LogP contribution < -0.4 is 4.72 Å². The van der Waals surface area contributed by atoms with Crippen LogP contribution in [0.4, 0.5) is 5.69 Å². The Morgan fingerprint density at radius 2 is 1.96 bits per heavy atom. The molecule has 8 nitrogen and oxygen atoms in total. The maximum atomic E-state index is 12.5. The Morgan fingerprint density at radius 3 is 2.56 bits per heavy atom. The molecule has 1 aliphatic heterocycles. The highest BCUT2D eigenvalue weighted by molar-refractivity contribution is 7.90. The molecule has 0 aliphatic carbocycles. The van der Waals surface area contributed by atoms with Gasteiger partial charge in [-0.15, -0.1) is 0 Å². The van der Waals surface area contributed by atoms with E-state index in [-0.39, 0.29) is 36.0 Å². The van der Waals surface area contributed by atoms with Gasteiger partial charge in [0.25, 0.3) is 0 Å². The number of anilines is 1. The summed E-state index contributed by atoms with van der Waals surface area (Å²) in [4.78, 5) is 22.5. The number of nitrogens with one attached hydrogen (secondary N) is 1. The molecule has 0 saturated carbocycles. The molecule has 25 heavy (non-hydrogen) atoms. The Hall–Kier alpha value is -1.97. The molecule has 0 aromatic heterocycles. The molecule has 0 bridgehead atoms. The molecule has 2 rings (SSSR count). The first kappa shape index (κ1) is 19.4. The Labute approximate surface area is 147 Å². The minimum atomic E-state index is -3.71. The van der Waals surface area contributed by atoms with Crippen LogP contribution in [-0.4, -0.2) is 55.9 Å². The van der Waals surface area contributed by atoms with E-state index in [0.717, 1.165) is 0 Å². The number of rotatable bonds is 8. The number of ketones is 1. The van der Waals surface area contributed by atoms with Gasteiger partial charge in [-0.05, 0) is 25.0 Å². The number of nitrogens with zero attached hydrogens (tertiary/aromatic N) is 1. The molecule has 0 radical (unpaired) electrons. The van der Waals surface area contributed by atoms with Gasteiger partial charge in [0.15, 0.2) is 5.78 Å². The minimum absolute atomic E-state index is 0.0710. The number of carbonyl (C=O) groups is 2. The average molecular weight is 370 g/mol. The molecule has 1 fully saturated rings. The third-order valence-corrected chi connectivity index (χ3v) is 5.61. The quantitative estimate of drug-likeness (QED) is 0.671. The van der Waals surface area contributed by atoms with Crippen molar-refractivity contribution in [1.29, 1.82) is 0 Å². The highest BCUT2D eigenvalue weighted by Gasteiger charge is 2.28. The van der Waals surface area contributed by atoms with Crippen LogP contribution in [0, 0.1) is 0 Å². The van der Waals surface area contributed by atoms with Crippen LogP contribution in [-0.2, 0) is 19.7 Å². The summed E-state index contributed by atoms with van der Waals surface area (Å²) < 4.78 is 34.0. The predicted molar refractivity (Wildman–Crippen MR) is 91.8 cm³/mol. The van der Waals surface area contributed by atoms with E-state index in [1.807, 2.05) is 0 Å². The molecule has 1 aliphatic rings. The molecular weight excluding hydrogens is 348 g/mol. The first-order valence-corrected chi connectivity index (χ1v) is 9.41. The Morgan fingerprint density at radius 1 is 1.28 bits per heavy atom. The summed E-state index contributed by atoms with van der Waals surface area (Å²) in [7, 11) is -2.10. The van der Waals surface area contributed by atoms with Crippen molar-refractivity contribution in [3.8, 4) is 0 Å². The normalized spacial score (nSPS) is 16.5. The van der Waals surface area contributed by atoms with E-state index in [4.69, 9.17) is 9.84 Å². The number of aliphatic carboxylic acids is 1. The summed E-state index contributed by atoms with van der Waals surface area (Å²) in [5.74, 6) is -1.39. The third kappa shape index (κ3) is 5.52. The maximum Gasteiger partial charge on any atom is 0.303 e. The standard InChI is InChI=1S/C16H22N2O6S/c1-24-14-7-9-18(10-8-14)25(22,23)17-13-4-2-3-12(11-13)15(19)5-6-16(20)21/h2-4,11,14,17H,5-10H2,1H3,(H,20,21). The van der Waals surface area contributed by atoms with Gasteiger partial charge in [0.05, 0.1) is 18.2 Å². The summed E-state index contributed by atoms with van der Waals surface area (Å²) in [5.41, 5.74) is 0.551. The van der Waals surface area contributed by atoms with Gasteiger partial charge >= 0.3 is 16.2 Å². The van der Waals surface area contributed by atoms with Crippen molar-refractivity contribution in [3.63, 3.8) is 0 Å². The predicted octanol–water partition coefficient (Wildman–Crippen LogP) is 1.50. The first-order chi connectivity index (χ1) is 11.8. The van der Waals surface area contributed by atoms with Crippen LogP contribution >= 0.6 is 0 Å². The van der Waals surface area contributed by atoms with Gasteiger partial charge in [0.1, 0.15) is 0 Å². The number of carboxylic acids is 1. The largest absolute Gasteiger partial charge is 0.481 e. The summed E-state index contributed by atoms with van der Waals surface area (Å²) in [6.45, 7) is 0.732. The molecular formula is C16H22N2O6S. The van der Waals surface area contributed by atoms with Gasteiger partial charge < -0.3 is 9.84 Å². The molecule has 0 atom stereocenters. The first-order valence-electron chi connectivity index (χ1n) is 7.97. The van der Waals surface area contributed by atoms with Crippen LogP contribution in [0.3, 0.4) is 0 Å². The van der Waals surface area contributed by atoms with Crippen molar-refractivity contribution < 1.29 is 27.9 Å². The highest BCUT2D eigenvalue weighted by atomic mass is 32.2. The number of carboxylic acid groups (broad SMARTS) is 1. The molecule has 1 aromatic carbocycles. The number of benzene rings is 1. The van der Waals surface area contributed by atoms with E-state index >= 15 is 0 Å². The lowest BCUT2D eigenvalue weighted by atomic mass is 10.1. The van der Waals surface area contributed by atoms with Crippen LogP contribution in [0.2, 0.25) is 0 Å². The van der Waals surface area contributed by atoms with Crippen molar-refractivity contribution in [3.05, 3.63) is 29.8 Å². The zero-order valence-electron chi connectivity index (χ0n) is 14.0. The molecule has 1 aromatic rings. The second-order valence-corrected chi connectivity index (χ2v) is 7.51. The van der Waals surface area contributed by atoms with Crippen LogP contribution in [0.5, 0.6) is 0 Å². The zero-order chi connectivity index (χ0) is 18.4. The lowest BCUT2D eigenvalue weighted by molar-refractivity contribution is -0.136. The fourth-order valence-corrected chi connectivity index (χ4v) is 3.89. The van der Waals surface area contributed by atoms with Crippen molar-refractivity contribution in [1.82, 2.24) is 4.31 Å². The topological polar surface area (TPSA) is 113 Å². The second-order valence-electron chi connectivity index (χ2n) is 5.84. The number of carbonyl (C=O) groups excluding carboxylic acids is 1. The monoisotopic (exact) mass is 370 g/mol. The van der Waals surface area contributed by atoms with Crippen LogP contribution in [0.15, 0.2) is 24.3 Å². The molecule has 9 heteroatoms. The third-order valence-electron chi connectivity index (χ3n) is 4.07. The van der Waals surface area contributed by atoms with Gasteiger partial charge in [-0.3, -0.25) is 14.3 Å². The lowest BCUT2D eigenvalue weighted by Crippen LogP contribution is -2.43. The van der Waals surface area contributed by atoms with Crippen molar-refractivity contribution in [2.45, 2.75) is 31.8 Å².